The van der Waals surface area contributed by atoms with Crippen LogP contribution >= 0.6 is 12.2 Å². The van der Waals surface area contributed by atoms with Crippen LogP contribution in [0.4, 0.5) is 5.69 Å². The van der Waals surface area contributed by atoms with E-state index in [0.717, 1.165) is 5.56 Å². The van der Waals surface area contributed by atoms with E-state index in [1.54, 1.807) is 24.3 Å². The van der Waals surface area contributed by atoms with Crippen LogP contribution in [0.15, 0.2) is 52.7 Å². The zero-order chi connectivity index (χ0) is 15.7. The van der Waals surface area contributed by atoms with Crippen LogP contribution in [0.25, 0.3) is 6.08 Å². The van der Waals surface area contributed by atoms with Gasteiger partial charge >= 0.3 is 0 Å². The molecule has 5 nitrogen and oxygen atoms in total. The van der Waals surface area contributed by atoms with Gasteiger partial charge in [-0.15, -0.1) is 0 Å². The van der Waals surface area contributed by atoms with Crippen LogP contribution in [0.3, 0.4) is 0 Å². The highest BCUT2D eigenvalue weighted by molar-refractivity contribution is 7.80. The maximum Gasteiger partial charge on any atom is 0.270 e. The summed E-state index contributed by atoms with van der Waals surface area (Å²) in [5.41, 5.74) is 1.64. The molecular formula is C16H12N2O3S. The molecule has 1 aliphatic heterocycles. The minimum atomic E-state index is -0.533. The maximum absolute atomic E-state index is 12.6. The number of aryl methyl sites for hydroxylation is 1. The summed E-state index contributed by atoms with van der Waals surface area (Å²) in [7, 11) is 0. The molecule has 1 N–H and O–H groups in total. The first kappa shape index (κ1) is 14.2. The number of anilines is 1. The molecule has 0 radical (unpaired) electrons. The van der Waals surface area contributed by atoms with Crippen LogP contribution in [-0.2, 0) is 9.59 Å². The molecule has 1 saturated heterocycles. The van der Waals surface area contributed by atoms with E-state index in [4.69, 9.17) is 16.6 Å². The van der Waals surface area contributed by atoms with E-state index in [2.05, 4.69) is 5.32 Å². The first-order chi connectivity index (χ1) is 10.6. The Hall–Kier alpha value is -2.73. The fourth-order valence-electron chi connectivity index (χ4n) is 2.10. The first-order valence-corrected chi connectivity index (χ1v) is 6.99. The molecule has 1 aromatic heterocycles. The molecule has 1 fully saturated rings. The standard InChI is InChI=1S/C16H12N2O3S/c1-10-4-6-11(7-5-10)18-15(20)13(14(19)17-16(18)22)9-12-3-2-8-21-12/h2-9H,1H3,(H,17,19,22). The van der Waals surface area contributed by atoms with Crippen molar-refractivity contribution in [3.63, 3.8) is 0 Å². The van der Waals surface area contributed by atoms with E-state index < -0.39 is 11.8 Å². The SMILES string of the molecule is Cc1ccc(N2C(=O)C(=Cc3ccco3)C(=O)NC2=S)cc1. The van der Waals surface area contributed by atoms with Gasteiger partial charge in [-0.05, 0) is 49.5 Å². The second-order valence-electron chi connectivity index (χ2n) is 4.81. The fraction of sp³-hybridized carbons (Fsp3) is 0.0625. The smallest absolute Gasteiger partial charge is 0.270 e. The van der Waals surface area contributed by atoms with Crippen LogP contribution < -0.4 is 10.2 Å². The van der Waals surface area contributed by atoms with Crippen molar-refractivity contribution in [3.05, 3.63) is 59.6 Å². The highest BCUT2D eigenvalue weighted by Crippen LogP contribution is 2.22. The van der Waals surface area contributed by atoms with Crippen LogP contribution in [-0.4, -0.2) is 16.9 Å². The summed E-state index contributed by atoms with van der Waals surface area (Å²) in [5, 5.41) is 2.59. The van der Waals surface area contributed by atoms with Crippen molar-refractivity contribution in [2.75, 3.05) is 4.90 Å². The average molecular weight is 312 g/mol. The molecule has 0 saturated carbocycles. The number of hydrogen-bond donors (Lipinski definition) is 1. The van der Waals surface area contributed by atoms with E-state index in [9.17, 15) is 9.59 Å². The van der Waals surface area contributed by atoms with Gasteiger partial charge in [-0.3, -0.25) is 19.8 Å². The number of nitrogens with zero attached hydrogens (tertiary/aromatic N) is 1. The van der Waals surface area contributed by atoms with Gasteiger partial charge in [0.15, 0.2) is 5.11 Å². The predicted octanol–water partition coefficient (Wildman–Crippen LogP) is 2.42. The summed E-state index contributed by atoms with van der Waals surface area (Å²) in [6, 6.07) is 10.6. The molecule has 110 valence electrons. The van der Waals surface area contributed by atoms with Crippen molar-refractivity contribution in [1.29, 1.82) is 0 Å². The Balaban J connectivity index is 2.01. The Kier molecular flexibility index (Phi) is 3.60. The van der Waals surface area contributed by atoms with Crippen LogP contribution in [0.5, 0.6) is 0 Å². The Morgan fingerprint density at radius 3 is 2.55 bits per heavy atom. The van der Waals surface area contributed by atoms with Crippen LogP contribution in [0.1, 0.15) is 11.3 Å². The Bertz CT molecular complexity index is 776. The molecule has 0 bridgehead atoms. The lowest BCUT2D eigenvalue weighted by Gasteiger charge is -2.28. The molecule has 2 aromatic rings. The summed E-state index contributed by atoms with van der Waals surface area (Å²) in [6.07, 6.45) is 2.88. The monoisotopic (exact) mass is 312 g/mol. The third-order valence-electron chi connectivity index (χ3n) is 3.22. The van der Waals surface area contributed by atoms with Crippen molar-refractivity contribution in [2.24, 2.45) is 0 Å². The molecule has 3 rings (SSSR count). The Labute approximate surface area is 132 Å². The summed E-state index contributed by atoms with van der Waals surface area (Å²) in [4.78, 5) is 25.9. The summed E-state index contributed by atoms with van der Waals surface area (Å²) in [6.45, 7) is 1.95. The maximum atomic E-state index is 12.6. The largest absolute Gasteiger partial charge is 0.465 e. The van der Waals surface area contributed by atoms with Crippen LogP contribution in [0.2, 0.25) is 0 Å². The lowest BCUT2D eigenvalue weighted by Crippen LogP contribution is -2.54. The zero-order valence-electron chi connectivity index (χ0n) is 11.7. The molecule has 2 amide bonds. The van der Waals surface area contributed by atoms with Gasteiger partial charge in [0.1, 0.15) is 11.3 Å². The molecule has 0 spiro atoms. The normalized spacial score (nSPS) is 17.0. The van der Waals surface area contributed by atoms with E-state index in [-0.39, 0.29) is 10.7 Å². The quantitative estimate of drug-likeness (QED) is 0.525. The second-order valence-corrected chi connectivity index (χ2v) is 5.20. The molecular weight excluding hydrogens is 300 g/mol. The number of amides is 2. The number of rotatable bonds is 2. The van der Waals surface area contributed by atoms with Gasteiger partial charge in [0, 0.05) is 0 Å². The minimum Gasteiger partial charge on any atom is -0.465 e. The lowest BCUT2D eigenvalue weighted by molar-refractivity contribution is -0.122. The topological polar surface area (TPSA) is 62.6 Å². The van der Waals surface area contributed by atoms with E-state index in [1.807, 2.05) is 19.1 Å². The van der Waals surface area contributed by atoms with Crippen molar-refractivity contribution in [3.8, 4) is 0 Å². The van der Waals surface area contributed by atoms with Gasteiger partial charge in [0.25, 0.3) is 11.8 Å². The summed E-state index contributed by atoms with van der Waals surface area (Å²) >= 11 is 5.12. The lowest BCUT2D eigenvalue weighted by atomic mass is 10.1. The van der Waals surface area contributed by atoms with Gasteiger partial charge in [0.05, 0.1) is 12.0 Å². The van der Waals surface area contributed by atoms with E-state index in [1.165, 1.54) is 17.2 Å². The number of hydrogen-bond acceptors (Lipinski definition) is 4. The summed E-state index contributed by atoms with van der Waals surface area (Å²) in [5.74, 6) is -0.584. The van der Waals surface area contributed by atoms with Gasteiger partial charge < -0.3 is 4.42 Å². The van der Waals surface area contributed by atoms with Crippen molar-refractivity contribution >= 4 is 40.9 Å². The number of nitrogens with one attached hydrogen (secondary N) is 1. The first-order valence-electron chi connectivity index (χ1n) is 6.58. The number of thiocarbonyl (C=S) groups is 1. The summed E-state index contributed by atoms with van der Waals surface area (Å²) < 4.78 is 5.16. The van der Waals surface area contributed by atoms with Gasteiger partial charge in [-0.1, -0.05) is 17.7 Å². The molecule has 6 heteroatoms. The average Bonchev–Trinajstić information content (AvgIpc) is 2.98. The molecule has 0 aliphatic carbocycles. The number of carbonyl (C=O) groups is 2. The third kappa shape index (κ3) is 2.56. The fourth-order valence-corrected chi connectivity index (χ4v) is 2.38. The van der Waals surface area contributed by atoms with Gasteiger partial charge in [-0.25, -0.2) is 0 Å². The molecule has 0 atom stereocenters. The van der Waals surface area contributed by atoms with Crippen molar-refractivity contribution in [1.82, 2.24) is 5.32 Å². The van der Waals surface area contributed by atoms with Gasteiger partial charge in [-0.2, -0.15) is 0 Å². The number of furan rings is 1. The van der Waals surface area contributed by atoms with Crippen LogP contribution in [0, 0.1) is 6.92 Å². The highest BCUT2D eigenvalue weighted by atomic mass is 32.1. The number of carbonyl (C=O) groups excluding carboxylic acids is 2. The van der Waals surface area contributed by atoms with E-state index >= 15 is 0 Å². The third-order valence-corrected chi connectivity index (χ3v) is 3.51. The van der Waals surface area contributed by atoms with Crippen molar-refractivity contribution in [2.45, 2.75) is 6.92 Å². The van der Waals surface area contributed by atoms with E-state index in [0.29, 0.717) is 11.4 Å². The molecule has 0 unspecified atom stereocenters. The van der Waals surface area contributed by atoms with Crippen molar-refractivity contribution < 1.29 is 14.0 Å². The minimum absolute atomic E-state index is 0.0240. The molecule has 2 heterocycles. The second kappa shape index (κ2) is 5.57. The molecule has 1 aromatic carbocycles. The zero-order valence-corrected chi connectivity index (χ0v) is 12.5. The molecule has 1 aliphatic rings. The number of benzene rings is 1. The Morgan fingerprint density at radius 1 is 1.18 bits per heavy atom. The predicted molar refractivity (Wildman–Crippen MR) is 86.1 cm³/mol. The highest BCUT2D eigenvalue weighted by Gasteiger charge is 2.34. The Morgan fingerprint density at radius 2 is 1.91 bits per heavy atom. The van der Waals surface area contributed by atoms with Gasteiger partial charge in [0.2, 0.25) is 0 Å². The molecule has 22 heavy (non-hydrogen) atoms.